The molecule has 0 bridgehead atoms. The van der Waals surface area contributed by atoms with Crippen molar-refractivity contribution in [2.75, 3.05) is 0 Å². The highest BCUT2D eigenvalue weighted by molar-refractivity contribution is 6.30. The first-order chi connectivity index (χ1) is 10.4. The van der Waals surface area contributed by atoms with Gasteiger partial charge in [-0.05, 0) is 35.9 Å². The van der Waals surface area contributed by atoms with Crippen molar-refractivity contribution in [1.29, 1.82) is 0 Å². The zero-order valence-electron chi connectivity index (χ0n) is 11.0. The SMILES string of the molecule is OCc1cc(Cl)ccc1-c1nnc2ccc(C(F)(F)F)cn12. The normalized spacial score (nSPS) is 12.0. The topological polar surface area (TPSA) is 50.4 Å². The lowest BCUT2D eigenvalue weighted by atomic mass is 10.1. The Bertz CT molecular complexity index is 845. The highest BCUT2D eigenvalue weighted by atomic mass is 35.5. The lowest BCUT2D eigenvalue weighted by Gasteiger charge is -2.09. The van der Waals surface area contributed by atoms with Crippen molar-refractivity contribution in [3.05, 3.63) is 52.7 Å². The number of benzene rings is 1. The van der Waals surface area contributed by atoms with Gasteiger partial charge in [0.15, 0.2) is 11.5 Å². The van der Waals surface area contributed by atoms with Gasteiger partial charge in [-0.1, -0.05) is 11.6 Å². The van der Waals surface area contributed by atoms with Crippen LogP contribution in [0.2, 0.25) is 5.02 Å². The monoisotopic (exact) mass is 327 g/mol. The minimum absolute atomic E-state index is 0.210. The van der Waals surface area contributed by atoms with E-state index in [9.17, 15) is 18.3 Å². The molecule has 3 aromatic rings. The molecule has 0 saturated heterocycles. The molecule has 4 nitrogen and oxygen atoms in total. The Morgan fingerprint density at radius 3 is 2.59 bits per heavy atom. The van der Waals surface area contributed by atoms with E-state index >= 15 is 0 Å². The predicted octanol–water partition coefficient (Wildman–Crippen LogP) is 3.56. The maximum Gasteiger partial charge on any atom is 0.417 e. The fourth-order valence-electron chi connectivity index (χ4n) is 2.15. The number of alkyl halides is 3. The van der Waals surface area contributed by atoms with Gasteiger partial charge < -0.3 is 5.11 Å². The van der Waals surface area contributed by atoms with E-state index in [4.69, 9.17) is 11.6 Å². The van der Waals surface area contributed by atoms with Gasteiger partial charge in [0.25, 0.3) is 0 Å². The van der Waals surface area contributed by atoms with Gasteiger partial charge in [0, 0.05) is 16.8 Å². The van der Waals surface area contributed by atoms with Crippen molar-refractivity contribution in [3.63, 3.8) is 0 Å². The van der Waals surface area contributed by atoms with Crippen molar-refractivity contribution in [1.82, 2.24) is 14.6 Å². The molecule has 1 aromatic carbocycles. The number of hydrogen-bond donors (Lipinski definition) is 1. The molecule has 8 heteroatoms. The van der Waals surface area contributed by atoms with Crippen molar-refractivity contribution >= 4 is 17.2 Å². The molecule has 0 aliphatic rings. The fourth-order valence-corrected chi connectivity index (χ4v) is 2.35. The van der Waals surface area contributed by atoms with E-state index in [2.05, 4.69) is 10.2 Å². The summed E-state index contributed by atoms with van der Waals surface area (Å²) in [6.07, 6.45) is -3.53. The number of pyridine rings is 1. The van der Waals surface area contributed by atoms with Crippen molar-refractivity contribution in [3.8, 4) is 11.4 Å². The maximum atomic E-state index is 12.8. The van der Waals surface area contributed by atoms with Crippen LogP contribution in [0.4, 0.5) is 13.2 Å². The summed E-state index contributed by atoms with van der Waals surface area (Å²) in [6.45, 7) is -0.316. The second kappa shape index (κ2) is 5.26. The molecule has 2 aromatic heterocycles. The van der Waals surface area contributed by atoms with Crippen LogP contribution in [0.25, 0.3) is 17.0 Å². The summed E-state index contributed by atoms with van der Waals surface area (Å²) in [6, 6.07) is 6.89. The van der Waals surface area contributed by atoms with E-state index in [0.717, 1.165) is 12.3 Å². The predicted molar refractivity (Wildman–Crippen MR) is 74.4 cm³/mol. The Hall–Kier alpha value is -2.12. The summed E-state index contributed by atoms with van der Waals surface area (Å²) in [5, 5.41) is 17.6. The number of aliphatic hydroxyl groups is 1. The number of aliphatic hydroxyl groups excluding tert-OH is 1. The Morgan fingerprint density at radius 1 is 1.14 bits per heavy atom. The largest absolute Gasteiger partial charge is 0.417 e. The summed E-state index contributed by atoms with van der Waals surface area (Å²) in [7, 11) is 0. The summed E-state index contributed by atoms with van der Waals surface area (Å²) in [4.78, 5) is 0. The van der Waals surface area contributed by atoms with Crippen LogP contribution in [0, 0.1) is 0 Å². The highest BCUT2D eigenvalue weighted by Gasteiger charge is 2.31. The standard InChI is InChI=1S/C14H9ClF3N3O/c15-10-2-3-11(8(5-10)7-22)13-20-19-12-4-1-9(6-21(12)13)14(16,17)18/h1-6,22H,7H2. The van der Waals surface area contributed by atoms with Crippen LogP contribution >= 0.6 is 11.6 Å². The second-order valence-corrected chi connectivity index (χ2v) is 5.06. The van der Waals surface area contributed by atoms with Gasteiger partial charge in [0.05, 0.1) is 12.2 Å². The fraction of sp³-hybridized carbons (Fsp3) is 0.143. The molecule has 3 rings (SSSR count). The van der Waals surface area contributed by atoms with E-state index in [1.807, 2.05) is 0 Å². The van der Waals surface area contributed by atoms with Crippen molar-refractivity contribution < 1.29 is 18.3 Å². The van der Waals surface area contributed by atoms with Crippen LogP contribution in [0.15, 0.2) is 36.5 Å². The maximum absolute atomic E-state index is 12.8. The zero-order chi connectivity index (χ0) is 15.9. The number of halogens is 4. The summed E-state index contributed by atoms with van der Waals surface area (Å²) >= 11 is 5.86. The van der Waals surface area contributed by atoms with Crippen molar-refractivity contribution in [2.45, 2.75) is 12.8 Å². The number of rotatable bonds is 2. The average molecular weight is 328 g/mol. The third-order valence-electron chi connectivity index (χ3n) is 3.21. The number of hydrogen-bond acceptors (Lipinski definition) is 3. The van der Waals surface area contributed by atoms with E-state index in [1.165, 1.54) is 16.5 Å². The molecule has 2 heterocycles. The lowest BCUT2D eigenvalue weighted by molar-refractivity contribution is -0.137. The number of fused-ring (bicyclic) bond motifs is 1. The molecular weight excluding hydrogens is 319 g/mol. The molecule has 114 valence electrons. The third-order valence-corrected chi connectivity index (χ3v) is 3.44. The first kappa shape index (κ1) is 14.8. The average Bonchev–Trinajstić information content (AvgIpc) is 2.89. The number of nitrogens with zero attached hydrogens (tertiary/aromatic N) is 3. The zero-order valence-corrected chi connectivity index (χ0v) is 11.7. The lowest BCUT2D eigenvalue weighted by Crippen LogP contribution is -2.06. The molecule has 0 saturated carbocycles. The first-order valence-corrected chi connectivity index (χ1v) is 6.59. The Labute approximate surface area is 127 Å². The van der Waals surface area contributed by atoms with Crippen LogP contribution in [-0.2, 0) is 12.8 Å². The smallest absolute Gasteiger partial charge is 0.392 e. The minimum Gasteiger partial charge on any atom is -0.392 e. The van der Waals surface area contributed by atoms with Gasteiger partial charge in [-0.25, -0.2) is 0 Å². The third kappa shape index (κ3) is 2.53. The summed E-state index contributed by atoms with van der Waals surface area (Å²) < 4.78 is 39.8. The minimum atomic E-state index is -4.46. The van der Waals surface area contributed by atoms with Gasteiger partial charge in [-0.15, -0.1) is 10.2 Å². The van der Waals surface area contributed by atoms with Crippen LogP contribution in [0.1, 0.15) is 11.1 Å². The quantitative estimate of drug-likeness (QED) is 0.783. The molecule has 1 N–H and O–H groups in total. The molecule has 22 heavy (non-hydrogen) atoms. The molecule has 0 atom stereocenters. The molecule has 0 aliphatic heterocycles. The highest BCUT2D eigenvalue weighted by Crippen LogP contribution is 2.31. The Morgan fingerprint density at radius 2 is 1.91 bits per heavy atom. The summed E-state index contributed by atoms with van der Waals surface area (Å²) in [5.41, 5.74) is 0.403. The molecule has 0 radical (unpaired) electrons. The van der Waals surface area contributed by atoms with Crippen LogP contribution in [0.3, 0.4) is 0 Å². The van der Waals surface area contributed by atoms with E-state index in [0.29, 0.717) is 16.1 Å². The molecule has 0 amide bonds. The van der Waals surface area contributed by atoms with Crippen LogP contribution in [-0.4, -0.2) is 19.7 Å². The van der Waals surface area contributed by atoms with Gasteiger partial charge in [0.2, 0.25) is 0 Å². The van der Waals surface area contributed by atoms with Gasteiger partial charge in [0.1, 0.15) is 0 Å². The van der Waals surface area contributed by atoms with Gasteiger partial charge in [-0.2, -0.15) is 13.2 Å². The second-order valence-electron chi connectivity index (χ2n) is 4.63. The Kier molecular flexibility index (Phi) is 3.54. The molecular formula is C14H9ClF3N3O. The Balaban J connectivity index is 2.23. The van der Waals surface area contributed by atoms with Crippen LogP contribution in [0.5, 0.6) is 0 Å². The van der Waals surface area contributed by atoms with Crippen molar-refractivity contribution in [2.24, 2.45) is 0 Å². The van der Waals surface area contributed by atoms with E-state index < -0.39 is 11.7 Å². The van der Waals surface area contributed by atoms with Crippen LogP contribution < -0.4 is 0 Å². The first-order valence-electron chi connectivity index (χ1n) is 6.22. The van der Waals surface area contributed by atoms with E-state index in [-0.39, 0.29) is 18.1 Å². The molecule has 0 fully saturated rings. The molecule has 0 spiro atoms. The summed E-state index contributed by atoms with van der Waals surface area (Å²) in [5.74, 6) is 0.210. The molecule has 0 aliphatic carbocycles. The molecule has 0 unspecified atom stereocenters. The van der Waals surface area contributed by atoms with E-state index in [1.54, 1.807) is 12.1 Å². The number of aromatic nitrogens is 3. The van der Waals surface area contributed by atoms with Gasteiger partial charge in [-0.3, -0.25) is 4.40 Å². The van der Waals surface area contributed by atoms with Gasteiger partial charge >= 0.3 is 6.18 Å².